The van der Waals surface area contributed by atoms with E-state index in [4.69, 9.17) is 5.73 Å². The summed E-state index contributed by atoms with van der Waals surface area (Å²) in [7, 11) is 1.82. The molecule has 0 radical (unpaired) electrons. The first-order valence-electron chi connectivity index (χ1n) is 7.82. The van der Waals surface area contributed by atoms with E-state index in [2.05, 4.69) is 25.7 Å². The highest BCUT2D eigenvalue weighted by Crippen LogP contribution is 2.29. The summed E-state index contributed by atoms with van der Waals surface area (Å²) in [5, 5.41) is 11.0. The Balaban J connectivity index is 1.75. The largest absolute Gasteiger partial charge is 0.408 e. The number of hydrogen-bond donors (Lipinski definition) is 4. The van der Waals surface area contributed by atoms with Gasteiger partial charge in [-0.1, -0.05) is 6.07 Å². The van der Waals surface area contributed by atoms with Gasteiger partial charge in [0.1, 0.15) is 18.2 Å². The van der Waals surface area contributed by atoms with E-state index in [-0.39, 0.29) is 5.84 Å². The molecule has 0 spiro atoms. The molecule has 1 aliphatic heterocycles. The molecule has 0 saturated carbocycles. The second-order valence-electron chi connectivity index (χ2n) is 6.15. The van der Waals surface area contributed by atoms with Crippen LogP contribution < -0.4 is 16.4 Å². The van der Waals surface area contributed by atoms with E-state index in [9.17, 15) is 13.2 Å². The summed E-state index contributed by atoms with van der Waals surface area (Å²) < 4.78 is 39.5. The Bertz CT molecular complexity index is 1000. The molecule has 1 atom stereocenters. The van der Waals surface area contributed by atoms with Gasteiger partial charge in [0.05, 0.1) is 17.3 Å². The van der Waals surface area contributed by atoms with Gasteiger partial charge < -0.3 is 15.6 Å². The van der Waals surface area contributed by atoms with Gasteiger partial charge in [0, 0.05) is 24.2 Å². The summed E-state index contributed by atoms with van der Waals surface area (Å²) in [6.07, 6.45) is -1.09. The van der Waals surface area contributed by atoms with Gasteiger partial charge >= 0.3 is 6.18 Å². The molecule has 0 saturated heterocycles. The van der Waals surface area contributed by atoms with Crippen LogP contribution in [0, 0.1) is 0 Å². The van der Waals surface area contributed by atoms with E-state index < -0.39 is 18.5 Å². The van der Waals surface area contributed by atoms with Crippen LogP contribution in [0.15, 0.2) is 41.7 Å². The Kier molecular flexibility index (Phi) is 3.48. The number of aromatic amines is 1. The zero-order valence-corrected chi connectivity index (χ0v) is 13.7. The lowest BCUT2D eigenvalue weighted by Gasteiger charge is -2.38. The third kappa shape index (κ3) is 2.77. The molecule has 4 rings (SSSR count). The fourth-order valence-corrected chi connectivity index (χ4v) is 3.00. The number of fused-ring (bicyclic) bond motifs is 2. The standard InChI is InChI=1S/C16H16F3N7/c1-26-12-3-2-10(6-9(12)7-23-26)16(20)24-13-11(4-5-21-13)14(25-16)22-8-15(17,18)19/h2-7,21,24H,8,20H2,1H3,(H,22,25). The molecule has 0 fully saturated rings. The number of H-pyrrole nitrogens is 1. The number of halogens is 3. The molecule has 3 heterocycles. The summed E-state index contributed by atoms with van der Waals surface area (Å²) in [5.41, 5.74) is 8.50. The van der Waals surface area contributed by atoms with Crippen molar-refractivity contribution in [3.63, 3.8) is 0 Å². The molecule has 3 aromatic rings. The summed E-state index contributed by atoms with van der Waals surface area (Å²) in [6.45, 7) is -1.29. The highest BCUT2D eigenvalue weighted by atomic mass is 19.4. The molecule has 0 bridgehead atoms. The smallest absolute Gasteiger partial charge is 0.348 e. The van der Waals surface area contributed by atoms with Crippen molar-refractivity contribution in [1.82, 2.24) is 20.1 Å². The molecule has 2 aromatic heterocycles. The van der Waals surface area contributed by atoms with E-state index in [0.717, 1.165) is 10.9 Å². The summed E-state index contributed by atoms with van der Waals surface area (Å²) in [4.78, 5) is 6.62. The number of benzene rings is 1. The lowest BCUT2D eigenvalue weighted by Crippen LogP contribution is -2.61. The molecule has 1 unspecified atom stereocenters. The van der Waals surface area contributed by atoms with Gasteiger partial charge in [-0.2, -0.15) is 18.3 Å². The first-order chi connectivity index (χ1) is 12.3. The van der Waals surface area contributed by atoms with Gasteiger partial charge in [-0.15, -0.1) is 0 Å². The number of hydrogen-bond acceptors (Lipinski definition) is 4. The Morgan fingerprint density at radius 1 is 1.27 bits per heavy atom. The first-order valence-corrected chi connectivity index (χ1v) is 7.82. The molecule has 5 N–H and O–H groups in total. The van der Waals surface area contributed by atoms with Crippen molar-refractivity contribution in [2.45, 2.75) is 12.0 Å². The Labute approximate surface area is 146 Å². The van der Waals surface area contributed by atoms with Gasteiger partial charge in [0.15, 0.2) is 5.79 Å². The van der Waals surface area contributed by atoms with E-state index in [1.54, 1.807) is 29.2 Å². The molecule has 10 heteroatoms. The minimum atomic E-state index is -4.40. The lowest BCUT2D eigenvalue weighted by atomic mass is 10.0. The van der Waals surface area contributed by atoms with Gasteiger partial charge in [-0.05, 0) is 18.2 Å². The van der Waals surface area contributed by atoms with Crippen LogP contribution in [0.5, 0.6) is 0 Å². The molecule has 136 valence electrons. The maximum Gasteiger partial charge on any atom is 0.408 e. The molecular weight excluding hydrogens is 347 g/mol. The van der Waals surface area contributed by atoms with E-state index >= 15 is 0 Å². The number of alkyl halides is 3. The number of rotatable bonds is 2. The number of anilines is 1. The highest BCUT2D eigenvalue weighted by Gasteiger charge is 2.36. The van der Waals surface area contributed by atoms with Crippen LogP contribution in [0.1, 0.15) is 11.1 Å². The second kappa shape index (κ2) is 5.49. The van der Waals surface area contributed by atoms with Crippen molar-refractivity contribution >= 4 is 22.6 Å². The number of aryl methyl sites for hydroxylation is 1. The molecule has 7 nitrogen and oxygen atoms in total. The van der Waals surface area contributed by atoms with Gasteiger partial charge in [-0.3, -0.25) is 15.4 Å². The minimum Gasteiger partial charge on any atom is -0.348 e. The van der Waals surface area contributed by atoms with Crippen molar-refractivity contribution in [2.75, 3.05) is 11.9 Å². The Morgan fingerprint density at radius 2 is 2.08 bits per heavy atom. The molecular formula is C16H16F3N7. The van der Waals surface area contributed by atoms with Crippen LogP contribution >= 0.6 is 0 Å². The van der Waals surface area contributed by atoms with Crippen molar-refractivity contribution in [2.24, 2.45) is 17.8 Å². The fourth-order valence-electron chi connectivity index (χ4n) is 3.00. The van der Waals surface area contributed by atoms with Gasteiger partial charge in [-0.25, -0.2) is 0 Å². The average Bonchev–Trinajstić information content (AvgIpc) is 3.18. The average molecular weight is 363 g/mol. The SMILES string of the molecule is Cn1ncc2cc(C3(N)NC(=NCC(F)(F)F)c4cc[nH]c4N3)ccc21. The quantitative estimate of drug-likeness (QED) is 0.560. The second-order valence-corrected chi connectivity index (χ2v) is 6.15. The lowest BCUT2D eigenvalue weighted by molar-refractivity contribution is -0.118. The number of aliphatic imine (C=N–C) groups is 1. The third-order valence-electron chi connectivity index (χ3n) is 4.26. The van der Waals surface area contributed by atoms with Gasteiger partial charge in [0.2, 0.25) is 0 Å². The first kappa shape index (κ1) is 16.5. The normalized spacial score (nSPS) is 21.5. The summed E-state index contributed by atoms with van der Waals surface area (Å²) in [5.74, 6) is -0.753. The van der Waals surface area contributed by atoms with Crippen LogP contribution in [0.2, 0.25) is 0 Å². The Morgan fingerprint density at radius 3 is 2.85 bits per heavy atom. The zero-order valence-electron chi connectivity index (χ0n) is 13.7. The number of nitrogens with one attached hydrogen (secondary N) is 3. The predicted molar refractivity (Wildman–Crippen MR) is 91.6 cm³/mol. The predicted octanol–water partition coefficient (Wildman–Crippen LogP) is 1.99. The van der Waals surface area contributed by atoms with Crippen LogP contribution in [-0.2, 0) is 12.8 Å². The molecule has 0 amide bonds. The van der Waals surface area contributed by atoms with Crippen molar-refractivity contribution < 1.29 is 13.2 Å². The van der Waals surface area contributed by atoms with E-state index in [0.29, 0.717) is 16.9 Å². The number of nitrogens with zero attached hydrogens (tertiary/aromatic N) is 3. The van der Waals surface area contributed by atoms with E-state index in [1.807, 2.05) is 19.2 Å². The summed E-state index contributed by atoms with van der Waals surface area (Å²) in [6, 6.07) is 7.11. The minimum absolute atomic E-state index is 0.0751. The van der Waals surface area contributed by atoms with Crippen LogP contribution in [-0.4, -0.2) is 33.3 Å². The topological polar surface area (TPSA) is 96.1 Å². The summed E-state index contributed by atoms with van der Waals surface area (Å²) >= 11 is 0. The van der Waals surface area contributed by atoms with Crippen molar-refractivity contribution in [3.05, 3.63) is 47.8 Å². The Hall–Kier alpha value is -3.01. The van der Waals surface area contributed by atoms with Gasteiger partial charge in [0.25, 0.3) is 0 Å². The molecule has 0 aliphatic carbocycles. The van der Waals surface area contributed by atoms with E-state index in [1.165, 1.54) is 0 Å². The van der Waals surface area contributed by atoms with Crippen molar-refractivity contribution in [1.29, 1.82) is 0 Å². The van der Waals surface area contributed by atoms with Crippen LogP contribution in [0.3, 0.4) is 0 Å². The number of nitrogens with two attached hydrogens (primary N) is 1. The van der Waals surface area contributed by atoms with Crippen LogP contribution in [0.4, 0.5) is 19.0 Å². The maximum absolute atomic E-state index is 12.6. The van der Waals surface area contributed by atoms with Crippen LogP contribution in [0.25, 0.3) is 10.9 Å². The third-order valence-corrected chi connectivity index (χ3v) is 4.26. The van der Waals surface area contributed by atoms with Crippen molar-refractivity contribution in [3.8, 4) is 0 Å². The maximum atomic E-state index is 12.6. The fraction of sp³-hybridized carbons (Fsp3) is 0.250. The zero-order chi connectivity index (χ0) is 18.5. The molecule has 1 aromatic carbocycles. The monoisotopic (exact) mass is 363 g/mol. The molecule has 1 aliphatic rings. The number of aromatic nitrogens is 3. The molecule has 26 heavy (non-hydrogen) atoms. The highest BCUT2D eigenvalue weighted by molar-refractivity contribution is 6.05. The number of amidine groups is 1.